The van der Waals surface area contributed by atoms with E-state index >= 15 is 0 Å². The lowest BCUT2D eigenvalue weighted by atomic mass is 9.85. The van der Waals surface area contributed by atoms with Crippen LogP contribution in [-0.4, -0.2) is 17.7 Å². The molecule has 4 rings (SSSR count). The van der Waals surface area contributed by atoms with Gasteiger partial charge >= 0.3 is 5.97 Å². The van der Waals surface area contributed by atoms with Crippen molar-refractivity contribution >= 4 is 23.3 Å². The molecule has 2 aliphatic rings. The Morgan fingerprint density at radius 2 is 1.68 bits per heavy atom. The zero-order valence-corrected chi connectivity index (χ0v) is 16.4. The van der Waals surface area contributed by atoms with Gasteiger partial charge < -0.3 is 10.1 Å². The summed E-state index contributed by atoms with van der Waals surface area (Å²) in [7, 11) is 0. The molecule has 1 heterocycles. The van der Waals surface area contributed by atoms with Crippen molar-refractivity contribution in [3.05, 3.63) is 59.7 Å². The summed E-state index contributed by atoms with van der Waals surface area (Å²) in [5.41, 5.74) is 0.207. The monoisotopic (exact) mass is 377 g/mol. The molecule has 1 N–H and O–H groups in total. The second-order valence-electron chi connectivity index (χ2n) is 8.69. The molecule has 28 heavy (non-hydrogen) atoms. The fourth-order valence-electron chi connectivity index (χ4n) is 4.15. The van der Waals surface area contributed by atoms with Crippen LogP contribution < -0.4 is 10.1 Å². The van der Waals surface area contributed by atoms with Gasteiger partial charge in [-0.05, 0) is 25.1 Å². The Morgan fingerprint density at radius 3 is 2.32 bits per heavy atom. The molecule has 0 spiro atoms. The number of amides is 1. The first-order valence-corrected chi connectivity index (χ1v) is 9.41. The Hall–Kier alpha value is -2.95. The van der Waals surface area contributed by atoms with E-state index < -0.39 is 34.5 Å². The minimum Gasteiger partial charge on any atom is -0.425 e. The van der Waals surface area contributed by atoms with Gasteiger partial charge in [-0.1, -0.05) is 56.7 Å². The minimum absolute atomic E-state index is 0.106. The molecule has 1 amide bonds. The highest BCUT2D eigenvalue weighted by Gasteiger charge is 2.80. The third kappa shape index (κ3) is 2.57. The molecule has 5 heteroatoms. The van der Waals surface area contributed by atoms with Gasteiger partial charge in [-0.25, -0.2) is 0 Å². The van der Waals surface area contributed by atoms with Crippen LogP contribution in [0.25, 0.3) is 0 Å². The number of ketones is 1. The highest BCUT2D eigenvalue weighted by molar-refractivity contribution is 6.20. The lowest BCUT2D eigenvalue weighted by molar-refractivity contribution is -0.149. The van der Waals surface area contributed by atoms with Crippen molar-refractivity contribution in [1.29, 1.82) is 0 Å². The molecule has 0 bridgehead atoms. The summed E-state index contributed by atoms with van der Waals surface area (Å²) in [6.07, 6.45) is 0. The van der Waals surface area contributed by atoms with Crippen molar-refractivity contribution in [3.8, 4) is 5.75 Å². The van der Waals surface area contributed by atoms with Crippen LogP contribution in [0.4, 0.5) is 5.69 Å². The van der Waals surface area contributed by atoms with Gasteiger partial charge in [-0.3, -0.25) is 14.4 Å². The van der Waals surface area contributed by atoms with E-state index in [0.29, 0.717) is 11.4 Å². The number of fused-ring (bicyclic) bond motifs is 3. The maximum Gasteiger partial charge on any atom is 0.328 e. The van der Waals surface area contributed by atoms with E-state index in [9.17, 15) is 14.4 Å². The molecule has 144 valence electrons. The molecule has 1 aliphatic heterocycles. The second-order valence-corrected chi connectivity index (χ2v) is 8.69. The predicted octanol–water partition coefficient (Wildman–Crippen LogP) is 3.87. The Morgan fingerprint density at radius 1 is 1.04 bits per heavy atom. The molecular weight excluding hydrogens is 354 g/mol. The number of carbonyl (C=O) groups excluding carboxylic acids is 3. The van der Waals surface area contributed by atoms with Crippen LogP contribution in [0, 0.1) is 23.7 Å². The third-order valence-corrected chi connectivity index (χ3v) is 5.71. The second kappa shape index (κ2) is 6.03. The van der Waals surface area contributed by atoms with Gasteiger partial charge in [-0.15, -0.1) is 0 Å². The first-order chi connectivity index (χ1) is 13.2. The van der Waals surface area contributed by atoms with E-state index in [0.717, 1.165) is 11.1 Å². The summed E-state index contributed by atoms with van der Waals surface area (Å²) in [4.78, 5) is 39.5. The van der Waals surface area contributed by atoms with Gasteiger partial charge in [0.1, 0.15) is 11.5 Å². The van der Waals surface area contributed by atoms with Gasteiger partial charge in [0.2, 0.25) is 5.91 Å². The number of carbonyl (C=O) groups is 3. The number of esters is 1. The van der Waals surface area contributed by atoms with Gasteiger partial charge in [0, 0.05) is 22.6 Å². The zero-order valence-electron chi connectivity index (χ0n) is 16.4. The van der Waals surface area contributed by atoms with E-state index in [1.807, 2.05) is 52.0 Å². The Bertz CT molecular complexity index is 986. The van der Waals surface area contributed by atoms with Gasteiger partial charge in [0.15, 0.2) is 5.41 Å². The molecule has 5 nitrogen and oxygen atoms in total. The van der Waals surface area contributed by atoms with Gasteiger partial charge in [0.05, 0.1) is 5.92 Å². The molecular formula is C23H23NO4. The molecule has 1 aliphatic carbocycles. The molecule has 1 saturated carbocycles. The maximum atomic E-state index is 13.3. The Labute approximate surface area is 164 Å². The van der Waals surface area contributed by atoms with E-state index in [1.165, 1.54) is 0 Å². The van der Waals surface area contributed by atoms with E-state index in [2.05, 4.69) is 5.32 Å². The number of hydrogen-bond acceptors (Lipinski definition) is 4. The number of aryl methyl sites for hydroxylation is 1. The number of benzene rings is 2. The summed E-state index contributed by atoms with van der Waals surface area (Å²) in [6.45, 7) is 7.38. The van der Waals surface area contributed by atoms with Crippen molar-refractivity contribution in [2.45, 2.75) is 33.6 Å². The van der Waals surface area contributed by atoms with Crippen LogP contribution >= 0.6 is 0 Å². The van der Waals surface area contributed by atoms with Crippen LogP contribution in [0.3, 0.4) is 0 Å². The molecule has 0 aromatic heterocycles. The number of rotatable bonds is 3. The fourth-order valence-corrected chi connectivity index (χ4v) is 4.15. The fraction of sp³-hybridized carbons (Fsp3) is 0.348. The lowest BCUT2D eigenvalue weighted by Crippen LogP contribution is -2.41. The third-order valence-electron chi connectivity index (χ3n) is 5.71. The maximum absolute atomic E-state index is 13.3. The Balaban J connectivity index is 1.77. The van der Waals surface area contributed by atoms with Crippen LogP contribution in [0.2, 0.25) is 0 Å². The molecule has 0 radical (unpaired) electrons. The first kappa shape index (κ1) is 18.4. The quantitative estimate of drug-likeness (QED) is 0.501. The average Bonchev–Trinajstić information content (AvgIpc) is 3.34. The number of ether oxygens (including phenoxy) is 1. The molecule has 2 aromatic rings. The van der Waals surface area contributed by atoms with Crippen molar-refractivity contribution in [1.82, 2.24) is 0 Å². The van der Waals surface area contributed by atoms with Crippen molar-refractivity contribution < 1.29 is 19.1 Å². The summed E-state index contributed by atoms with van der Waals surface area (Å²) in [5.74, 6) is -2.03. The number of para-hydroxylation sites is 1. The molecule has 0 saturated heterocycles. The van der Waals surface area contributed by atoms with Gasteiger partial charge in [0.25, 0.3) is 0 Å². The lowest BCUT2D eigenvalue weighted by Gasteiger charge is -2.23. The van der Waals surface area contributed by atoms with Crippen LogP contribution in [-0.2, 0) is 14.4 Å². The summed E-state index contributed by atoms with van der Waals surface area (Å²) in [5, 5.41) is 2.83. The highest BCUT2D eigenvalue weighted by atomic mass is 16.5. The standard InChI is InChI=1S/C23H23NO4/c1-13-9-11-14(12-10-13)24-20(26)23-17(18(23)19(25)22(2,3)4)15-7-5-6-8-16(15)28-21(23)27/h5-12,17-18H,1-4H3,(H,24,26). The summed E-state index contributed by atoms with van der Waals surface area (Å²) >= 11 is 0. The largest absolute Gasteiger partial charge is 0.425 e. The van der Waals surface area contributed by atoms with Crippen LogP contribution in [0.1, 0.15) is 37.8 Å². The smallest absolute Gasteiger partial charge is 0.328 e. The SMILES string of the molecule is Cc1ccc(NC(=O)C23C(=O)Oc4ccccc4C2C3C(=O)C(C)(C)C)cc1. The highest BCUT2D eigenvalue weighted by Crippen LogP contribution is 2.70. The van der Waals surface area contributed by atoms with Crippen molar-refractivity contribution in [2.24, 2.45) is 16.7 Å². The minimum atomic E-state index is -1.51. The summed E-state index contributed by atoms with van der Waals surface area (Å²) in [6, 6.07) is 14.5. The molecule has 1 fully saturated rings. The number of nitrogens with one attached hydrogen (secondary N) is 1. The normalized spacial score (nSPS) is 25.2. The van der Waals surface area contributed by atoms with Crippen molar-refractivity contribution in [2.75, 3.05) is 5.32 Å². The first-order valence-electron chi connectivity index (χ1n) is 9.41. The number of anilines is 1. The van der Waals surface area contributed by atoms with Crippen LogP contribution in [0.5, 0.6) is 5.75 Å². The van der Waals surface area contributed by atoms with E-state index in [4.69, 9.17) is 4.74 Å². The predicted molar refractivity (Wildman–Crippen MR) is 105 cm³/mol. The van der Waals surface area contributed by atoms with Crippen molar-refractivity contribution in [3.63, 3.8) is 0 Å². The number of hydrogen-bond donors (Lipinski definition) is 1. The van der Waals surface area contributed by atoms with E-state index in [1.54, 1.807) is 24.3 Å². The van der Waals surface area contributed by atoms with E-state index in [-0.39, 0.29) is 5.78 Å². The molecule has 2 aromatic carbocycles. The topological polar surface area (TPSA) is 72.5 Å². The average molecular weight is 377 g/mol. The van der Waals surface area contributed by atoms with Gasteiger partial charge in [-0.2, -0.15) is 0 Å². The molecule has 3 atom stereocenters. The van der Waals surface area contributed by atoms with Crippen LogP contribution in [0.15, 0.2) is 48.5 Å². The molecule has 3 unspecified atom stereocenters. The zero-order chi connectivity index (χ0) is 20.3. The number of Topliss-reactive ketones (excluding diaryl/α,β-unsaturated/α-hetero) is 1. The summed E-state index contributed by atoms with van der Waals surface area (Å²) < 4.78 is 5.51. The Kier molecular flexibility index (Phi) is 3.96.